The van der Waals surface area contributed by atoms with Crippen molar-refractivity contribution in [1.29, 1.82) is 0 Å². The number of nitrogens with zero attached hydrogens (tertiary/aromatic N) is 3. The fourth-order valence-electron chi connectivity index (χ4n) is 5.96. The molecule has 1 fully saturated rings. The normalized spacial score (nSPS) is 19.0. The third-order valence-electron chi connectivity index (χ3n) is 8.07. The molecule has 2 aromatic carbocycles. The molecule has 37 heavy (non-hydrogen) atoms. The Balaban J connectivity index is 1.57. The van der Waals surface area contributed by atoms with E-state index in [1.54, 1.807) is 4.90 Å². The van der Waals surface area contributed by atoms with Gasteiger partial charge in [-0.1, -0.05) is 30.3 Å². The first kappa shape index (κ1) is 25.3. The highest BCUT2D eigenvalue weighted by atomic mass is 16.5. The SMILES string of the molecule is COC(=O)N1c2ccc3c(nc(CC(C(=O)O)c4ccccc4)n3CCC3CCNCC3)c2CC[C@@H]1C. The highest BCUT2D eigenvalue weighted by molar-refractivity contribution is 5.95. The molecule has 8 heteroatoms. The Hall–Kier alpha value is -3.39. The maximum atomic E-state index is 12.6. The monoisotopic (exact) mass is 504 g/mol. The number of carboxylic acids is 1. The molecule has 0 aliphatic carbocycles. The fraction of sp³-hybridized carbons (Fsp3) is 0.483. The Labute approximate surface area is 217 Å². The van der Waals surface area contributed by atoms with Crippen LogP contribution in [0.1, 0.15) is 55.5 Å². The number of amides is 1. The summed E-state index contributed by atoms with van der Waals surface area (Å²) < 4.78 is 7.32. The molecule has 1 saturated heterocycles. The first-order chi connectivity index (χ1) is 18.0. The number of imidazole rings is 1. The highest BCUT2D eigenvalue weighted by Crippen LogP contribution is 2.37. The minimum Gasteiger partial charge on any atom is -0.481 e. The molecule has 196 valence electrons. The quantitative estimate of drug-likeness (QED) is 0.482. The summed E-state index contributed by atoms with van der Waals surface area (Å²) in [6, 6.07) is 13.5. The van der Waals surface area contributed by atoms with E-state index in [1.165, 1.54) is 7.11 Å². The summed E-state index contributed by atoms with van der Waals surface area (Å²) in [6.07, 6.45) is 4.93. The van der Waals surface area contributed by atoms with Gasteiger partial charge in [0.1, 0.15) is 5.82 Å². The van der Waals surface area contributed by atoms with Crippen molar-refractivity contribution in [3.63, 3.8) is 0 Å². The van der Waals surface area contributed by atoms with E-state index in [0.717, 1.165) is 85.4 Å². The lowest BCUT2D eigenvalue weighted by atomic mass is 9.94. The number of anilines is 1. The van der Waals surface area contributed by atoms with Gasteiger partial charge < -0.3 is 19.7 Å². The number of benzene rings is 2. The molecule has 2 atom stereocenters. The summed E-state index contributed by atoms with van der Waals surface area (Å²) in [5, 5.41) is 13.6. The summed E-state index contributed by atoms with van der Waals surface area (Å²) in [7, 11) is 1.41. The van der Waals surface area contributed by atoms with E-state index in [0.29, 0.717) is 12.3 Å². The summed E-state index contributed by atoms with van der Waals surface area (Å²) >= 11 is 0. The van der Waals surface area contributed by atoms with Crippen molar-refractivity contribution in [2.45, 2.75) is 64.0 Å². The zero-order valence-corrected chi connectivity index (χ0v) is 21.7. The van der Waals surface area contributed by atoms with Crippen molar-refractivity contribution in [3.8, 4) is 0 Å². The summed E-state index contributed by atoms with van der Waals surface area (Å²) in [4.78, 5) is 31.8. The van der Waals surface area contributed by atoms with Gasteiger partial charge in [0.15, 0.2) is 0 Å². The second kappa shape index (κ2) is 10.9. The Morgan fingerprint density at radius 2 is 1.89 bits per heavy atom. The lowest BCUT2D eigenvalue weighted by molar-refractivity contribution is -0.138. The van der Waals surface area contributed by atoms with Gasteiger partial charge in [-0.15, -0.1) is 0 Å². The van der Waals surface area contributed by atoms with Crippen LogP contribution in [0.2, 0.25) is 0 Å². The van der Waals surface area contributed by atoms with E-state index in [2.05, 4.69) is 9.88 Å². The van der Waals surface area contributed by atoms with E-state index < -0.39 is 11.9 Å². The average molecular weight is 505 g/mol. The van der Waals surface area contributed by atoms with Crippen molar-refractivity contribution >= 4 is 28.8 Å². The van der Waals surface area contributed by atoms with Gasteiger partial charge in [-0.25, -0.2) is 9.78 Å². The predicted molar refractivity (Wildman–Crippen MR) is 143 cm³/mol. The van der Waals surface area contributed by atoms with Crippen molar-refractivity contribution < 1.29 is 19.4 Å². The number of carboxylic acid groups (broad SMARTS) is 1. The Morgan fingerprint density at radius 1 is 1.14 bits per heavy atom. The molecule has 2 N–H and O–H groups in total. The van der Waals surface area contributed by atoms with E-state index in [1.807, 2.05) is 49.4 Å². The molecular weight excluding hydrogens is 468 g/mol. The van der Waals surface area contributed by atoms with Gasteiger partial charge in [0.2, 0.25) is 0 Å². The van der Waals surface area contributed by atoms with Crippen LogP contribution in [0.4, 0.5) is 10.5 Å². The standard InChI is InChI=1S/C29H36N4O4/c1-19-8-9-22-24(33(19)29(36)37-2)10-11-25-27(22)31-26(32(25)17-14-20-12-15-30-16-13-20)18-23(28(34)35)21-6-4-3-5-7-21/h3-7,10-11,19-20,23,30H,8-9,12-18H2,1-2H3,(H,34,35)/t19-,23?/m0/s1. The van der Waals surface area contributed by atoms with Crippen LogP contribution in [0.5, 0.6) is 0 Å². The molecule has 0 radical (unpaired) electrons. The van der Waals surface area contributed by atoms with E-state index in [9.17, 15) is 14.7 Å². The third kappa shape index (κ3) is 5.07. The number of fused-ring (bicyclic) bond motifs is 3. The van der Waals surface area contributed by atoms with Gasteiger partial charge in [-0.05, 0) is 75.7 Å². The Morgan fingerprint density at radius 3 is 2.59 bits per heavy atom. The molecule has 0 bridgehead atoms. The highest BCUT2D eigenvalue weighted by Gasteiger charge is 2.32. The van der Waals surface area contributed by atoms with Crippen LogP contribution in [-0.4, -0.2) is 53.0 Å². The molecule has 1 amide bonds. The molecule has 8 nitrogen and oxygen atoms in total. The van der Waals surface area contributed by atoms with Gasteiger partial charge in [0.05, 0.1) is 29.7 Å². The van der Waals surface area contributed by atoms with Gasteiger partial charge in [-0.2, -0.15) is 0 Å². The van der Waals surface area contributed by atoms with Crippen LogP contribution in [0, 0.1) is 5.92 Å². The van der Waals surface area contributed by atoms with Gasteiger partial charge >= 0.3 is 12.1 Å². The van der Waals surface area contributed by atoms with Crippen LogP contribution in [-0.2, 0) is 28.9 Å². The number of carbonyl (C=O) groups is 2. The zero-order valence-electron chi connectivity index (χ0n) is 21.7. The number of piperidine rings is 1. The summed E-state index contributed by atoms with van der Waals surface area (Å²) in [6.45, 7) is 4.93. The largest absolute Gasteiger partial charge is 0.481 e. The number of aromatic nitrogens is 2. The molecule has 1 unspecified atom stereocenters. The number of aliphatic carboxylic acids is 1. The first-order valence-corrected chi connectivity index (χ1v) is 13.3. The van der Waals surface area contributed by atoms with Gasteiger partial charge in [0.25, 0.3) is 0 Å². The van der Waals surface area contributed by atoms with Crippen LogP contribution in [0.25, 0.3) is 11.0 Å². The lowest BCUT2D eigenvalue weighted by Gasteiger charge is -2.34. The van der Waals surface area contributed by atoms with E-state index in [4.69, 9.17) is 9.72 Å². The Bertz CT molecular complexity index is 1270. The molecule has 1 aromatic heterocycles. The smallest absolute Gasteiger partial charge is 0.414 e. The maximum absolute atomic E-state index is 12.6. The van der Waals surface area contributed by atoms with Crippen LogP contribution in [0.3, 0.4) is 0 Å². The van der Waals surface area contributed by atoms with Crippen molar-refractivity contribution in [1.82, 2.24) is 14.9 Å². The van der Waals surface area contributed by atoms with Crippen LogP contribution >= 0.6 is 0 Å². The third-order valence-corrected chi connectivity index (χ3v) is 8.07. The fourth-order valence-corrected chi connectivity index (χ4v) is 5.96. The second-order valence-electron chi connectivity index (χ2n) is 10.3. The minimum atomic E-state index is -0.851. The molecule has 2 aliphatic rings. The van der Waals surface area contributed by atoms with E-state index in [-0.39, 0.29) is 12.1 Å². The topological polar surface area (TPSA) is 96.7 Å². The number of nitrogens with one attached hydrogen (secondary N) is 1. The van der Waals surface area contributed by atoms with Gasteiger partial charge in [0, 0.05) is 24.6 Å². The van der Waals surface area contributed by atoms with Crippen molar-refractivity contribution in [2.24, 2.45) is 5.92 Å². The molecule has 3 heterocycles. The lowest BCUT2D eigenvalue weighted by Crippen LogP contribution is -2.42. The molecule has 0 saturated carbocycles. The predicted octanol–water partition coefficient (Wildman–Crippen LogP) is 4.74. The van der Waals surface area contributed by atoms with Crippen LogP contribution in [0.15, 0.2) is 42.5 Å². The molecule has 5 rings (SSSR count). The number of rotatable bonds is 7. The molecule has 3 aromatic rings. The zero-order chi connectivity index (χ0) is 25.9. The number of carbonyl (C=O) groups excluding carboxylic acids is 1. The maximum Gasteiger partial charge on any atom is 0.414 e. The minimum absolute atomic E-state index is 0.0355. The molecule has 2 aliphatic heterocycles. The van der Waals surface area contributed by atoms with Crippen LogP contribution < -0.4 is 10.2 Å². The van der Waals surface area contributed by atoms with Crippen molar-refractivity contribution in [2.75, 3.05) is 25.1 Å². The van der Waals surface area contributed by atoms with E-state index >= 15 is 0 Å². The summed E-state index contributed by atoms with van der Waals surface area (Å²) in [5.41, 5.74) is 4.54. The molecular formula is C29H36N4O4. The second-order valence-corrected chi connectivity index (χ2v) is 10.3. The number of hydrogen-bond donors (Lipinski definition) is 2. The summed E-state index contributed by atoms with van der Waals surface area (Å²) in [5.74, 6) is -0.102. The Kier molecular flexibility index (Phi) is 7.46. The van der Waals surface area contributed by atoms with Crippen molar-refractivity contribution in [3.05, 3.63) is 59.4 Å². The number of methoxy groups -OCH3 is 1. The number of aryl methyl sites for hydroxylation is 2. The van der Waals surface area contributed by atoms with Gasteiger partial charge in [-0.3, -0.25) is 9.69 Å². The first-order valence-electron chi connectivity index (χ1n) is 13.3. The number of ether oxygens (including phenoxy) is 1. The average Bonchev–Trinajstić information content (AvgIpc) is 3.28. The molecule has 0 spiro atoms. The number of hydrogen-bond acceptors (Lipinski definition) is 5.